The second kappa shape index (κ2) is 8.48. The summed E-state index contributed by atoms with van der Waals surface area (Å²) in [6.07, 6.45) is -0.591. The summed E-state index contributed by atoms with van der Waals surface area (Å²) in [5.41, 5.74) is 1.29. The molecule has 2 amide bonds. The number of amides is 2. The van der Waals surface area contributed by atoms with Crippen LogP contribution in [-0.2, 0) is 11.3 Å². The van der Waals surface area contributed by atoms with Crippen LogP contribution in [0.15, 0.2) is 48.5 Å². The van der Waals surface area contributed by atoms with Crippen LogP contribution in [0.3, 0.4) is 0 Å². The van der Waals surface area contributed by atoms with Gasteiger partial charge in [-0.05, 0) is 30.7 Å². The number of nitrogens with zero attached hydrogens (tertiary/aromatic N) is 1. The van der Waals surface area contributed by atoms with Crippen molar-refractivity contribution in [1.82, 2.24) is 10.2 Å². The average Bonchev–Trinajstić information content (AvgIpc) is 2.59. The van der Waals surface area contributed by atoms with Crippen molar-refractivity contribution in [3.8, 4) is 5.75 Å². The van der Waals surface area contributed by atoms with Crippen LogP contribution in [0.1, 0.15) is 24.2 Å². The minimum absolute atomic E-state index is 0.178. The third-order valence-corrected chi connectivity index (χ3v) is 3.97. The number of benzene rings is 2. The molecule has 25 heavy (non-hydrogen) atoms. The van der Waals surface area contributed by atoms with Crippen molar-refractivity contribution in [1.29, 1.82) is 0 Å². The van der Waals surface area contributed by atoms with Gasteiger partial charge in [-0.1, -0.05) is 30.3 Å². The minimum atomic E-state index is -0.591. The molecule has 0 aliphatic rings. The lowest BCUT2D eigenvalue weighted by molar-refractivity contribution is 0.0712. The second-order valence-electron chi connectivity index (χ2n) is 5.94. The molecule has 0 radical (unpaired) electrons. The summed E-state index contributed by atoms with van der Waals surface area (Å²) in [6, 6.07) is 12.3. The van der Waals surface area contributed by atoms with Gasteiger partial charge >= 0.3 is 6.03 Å². The van der Waals surface area contributed by atoms with Gasteiger partial charge in [-0.3, -0.25) is 0 Å². The van der Waals surface area contributed by atoms with Crippen LogP contribution in [-0.4, -0.2) is 36.2 Å². The quantitative estimate of drug-likeness (QED) is 0.842. The van der Waals surface area contributed by atoms with Crippen LogP contribution in [0.5, 0.6) is 5.75 Å². The molecule has 5 nitrogen and oxygen atoms in total. The molecule has 0 spiro atoms. The number of phenolic OH excluding ortho intramolecular Hbond substituents is 1. The van der Waals surface area contributed by atoms with Gasteiger partial charge in [-0.15, -0.1) is 0 Å². The lowest BCUT2D eigenvalue weighted by Gasteiger charge is -2.27. The Hall–Kier alpha value is -2.60. The highest BCUT2D eigenvalue weighted by Crippen LogP contribution is 2.23. The van der Waals surface area contributed by atoms with Gasteiger partial charge in [-0.25, -0.2) is 9.18 Å². The van der Waals surface area contributed by atoms with Crippen LogP contribution in [0.4, 0.5) is 9.18 Å². The Morgan fingerprint density at radius 1 is 1.24 bits per heavy atom. The van der Waals surface area contributed by atoms with Gasteiger partial charge in [0.15, 0.2) is 0 Å². The Kier molecular flexibility index (Phi) is 6.36. The zero-order valence-corrected chi connectivity index (χ0v) is 14.6. The zero-order valence-electron chi connectivity index (χ0n) is 14.6. The first-order valence-electron chi connectivity index (χ1n) is 7.99. The molecule has 2 rings (SSSR count). The molecule has 2 N–H and O–H groups in total. The molecule has 6 heteroatoms. The molecule has 0 aliphatic carbocycles. The van der Waals surface area contributed by atoms with Crippen LogP contribution in [0, 0.1) is 5.82 Å². The number of hydrogen-bond acceptors (Lipinski definition) is 3. The van der Waals surface area contributed by atoms with Gasteiger partial charge < -0.3 is 20.1 Å². The molecule has 0 heterocycles. The summed E-state index contributed by atoms with van der Waals surface area (Å²) in [5.74, 6) is -0.190. The van der Waals surface area contributed by atoms with Gasteiger partial charge in [-0.2, -0.15) is 0 Å². The van der Waals surface area contributed by atoms with Gasteiger partial charge in [0.25, 0.3) is 0 Å². The van der Waals surface area contributed by atoms with E-state index in [2.05, 4.69) is 5.32 Å². The lowest BCUT2D eigenvalue weighted by Crippen LogP contribution is -2.44. The topological polar surface area (TPSA) is 61.8 Å². The summed E-state index contributed by atoms with van der Waals surface area (Å²) in [5, 5.41) is 12.1. The number of carbonyl (C=O) groups excluding carboxylic acids is 1. The van der Waals surface area contributed by atoms with Crippen molar-refractivity contribution in [2.45, 2.75) is 25.6 Å². The summed E-state index contributed by atoms with van der Waals surface area (Å²) in [4.78, 5) is 13.9. The van der Waals surface area contributed by atoms with E-state index in [1.807, 2.05) is 0 Å². The molecular formula is C19H23FN2O3. The van der Waals surface area contributed by atoms with E-state index in [1.54, 1.807) is 56.4 Å². The zero-order chi connectivity index (χ0) is 18.4. The Labute approximate surface area is 147 Å². The number of rotatable bonds is 6. The summed E-state index contributed by atoms with van der Waals surface area (Å²) < 4.78 is 19.4. The first-order valence-corrected chi connectivity index (χ1v) is 7.99. The van der Waals surface area contributed by atoms with E-state index in [0.29, 0.717) is 12.1 Å². The van der Waals surface area contributed by atoms with Crippen molar-refractivity contribution in [2.24, 2.45) is 0 Å². The maximum Gasteiger partial charge on any atom is 0.317 e. The number of hydrogen-bond donors (Lipinski definition) is 2. The third kappa shape index (κ3) is 4.93. The second-order valence-corrected chi connectivity index (χ2v) is 5.94. The van der Waals surface area contributed by atoms with Gasteiger partial charge in [0.2, 0.25) is 0 Å². The Morgan fingerprint density at radius 3 is 2.48 bits per heavy atom. The molecule has 0 aromatic heterocycles. The minimum Gasteiger partial charge on any atom is -0.508 e. The average molecular weight is 346 g/mol. The van der Waals surface area contributed by atoms with Gasteiger partial charge in [0, 0.05) is 26.3 Å². The van der Waals surface area contributed by atoms with Crippen molar-refractivity contribution >= 4 is 6.03 Å². The van der Waals surface area contributed by atoms with Crippen LogP contribution in [0.25, 0.3) is 0 Å². The molecule has 0 aliphatic heterocycles. The Morgan fingerprint density at radius 2 is 1.88 bits per heavy atom. The van der Waals surface area contributed by atoms with E-state index < -0.39 is 12.1 Å². The largest absolute Gasteiger partial charge is 0.508 e. The smallest absolute Gasteiger partial charge is 0.317 e. The molecule has 2 aromatic carbocycles. The molecule has 0 unspecified atom stereocenters. The van der Waals surface area contributed by atoms with Crippen molar-refractivity contribution in [3.05, 3.63) is 65.5 Å². The fourth-order valence-corrected chi connectivity index (χ4v) is 2.63. The molecule has 0 fully saturated rings. The number of nitrogens with one attached hydrogen (secondary N) is 1. The van der Waals surface area contributed by atoms with Crippen LogP contribution in [0.2, 0.25) is 0 Å². The van der Waals surface area contributed by atoms with E-state index in [4.69, 9.17) is 4.74 Å². The highest BCUT2D eigenvalue weighted by molar-refractivity contribution is 5.74. The van der Waals surface area contributed by atoms with Crippen molar-refractivity contribution in [3.63, 3.8) is 0 Å². The first kappa shape index (κ1) is 18.7. The number of urea groups is 1. The number of methoxy groups -OCH3 is 1. The summed E-state index contributed by atoms with van der Waals surface area (Å²) >= 11 is 0. The van der Waals surface area contributed by atoms with E-state index in [0.717, 1.165) is 5.56 Å². The molecule has 0 saturated carbocycles. The summed E-state index contributed by atoms with van der Waals surface area (Å²) in [7, 11) is 3.15. The number of halogens is 1. The van der Waals surface area contributed by atoms with E-state index in [9.17, 15) is 14.3 Å². The van der Waals surface area contributed by atoms with Gasteiger partial charge in [0.05, 0.1) is 6.04 Å². The number of carbonyl (C=O) groups is 1. The molecule has 134 valence electrons. The third-order valence-electron chi connectivity index (χ3n) is 3.97. The Bertz CT molecular complexity index is 706. The monoisotopic (exact) mass is 346 g/mol. The molecule has 0 saturated heterocycles. The molecule has 2 atom stereocenters. The van der Waals surface area contributed by atoms with Crippen LogP contribution >= 0.6 is 0 Å². The maximum atomic E-state index is 14.0. The lowest BCUT2D eigenvalue weighted by atomic mass is 10.0. The highest BCUT2D eigenvalue weighted by atomic mass is 19.1. The SMILES string of the molecule is CO[C@@H](c1ccccc1F)[C@H](C)NC(=O)N(C)Cc1ccc(O)cc1. The number of aromatic hydroxyl groups is 1. The first-order chi connectivity index (χ1) is 11.9. The van der Waals surface area contributed by atoms with Crippen molar-refractivity contribution in [2.75, 3.05) is 14.2 Å². The molecule has 2 aromatic rings. The Balaban J connectivity index is 2.00. The highest BCUT2D eigenvalue weighted by Gasteiger charge is 2.24. The standard InChI is InChI=1S/C19H23FN2O3/c1-13(18(25-3)16-6-4-5-7-17(16)20)21-19(24)22(2)12-14-8-10-15(23)11-9-14/h4-11,13,18,23H,12H2,1-3H3,(H,21,24)/t13-,18+/m0/s1. The van der Waals surface area contributed by atoms with E-state index >= 15 is 0 Å². The maximum absolute atomic E-state index is 14.0. The molecular weight excluding hydrogens is 323 g/mol. The normalized spacial score (nSPS) is 13.1. The number of ether oxygens (including phenoxy) is 1. The van der Waals surface area contributed by atoms with Crippen LogP contribution < -0.4 is 5.32 Å². The van der Waals surface area contributed by atoms with E-state index in [1.165, 1.54) is 18.1 Å². The van der Waals surface area contributed by atoms with Gasteiger partial charge in [0.1, 0.15) is 17.7 Å². The van der Waals surface area contributed by atoms with Crippen molar-refractivity contribution < 1.29 is 19.0 Å². The predicted molar refractivity (Wildman–Crippen MR) is 93.7 cm³/mol. The van der Waals surface area contributed by atoms with E-state index in [-0.39, 0.29) is 17.6 Å². The predicted octanol–water partition coefficient (Wildman–Crippen LogP) is 3.45. The summed E-state index contributed by atoms with van der Waals surface area (Å²) in [6.45, 7) is 2.16. The fraction of sp³-hybridized carbons (Fsp3) is 0.316. The molecule has 0 bridgehead atoms. The number of phenols is 1. The fourth-order valence-electron chi connectivity index (χ4n) is 2.63.